The first-order chi connectivity index (χ1) is 19.7. The van der Waals surface area contributed by atoms with E-state index < -0.39 is 24.2 Å². The molecule has 0 spiro atoms. The Morgan fingerprint density at radius 1 is 1.12 bits per heavy atom. The summed E-state index contributed by atoms with van der Waals surface area (Å²) in [5.41, 5.74) is 11.3. The molecule has 10 nitrogen and oxygen atoms in total. The predicted molar refractivity (Wildman–Crippen MR) is 151 cm³/mol. The number of benzene rings is 1. The Bertz CT molecular complexity index is 1800. The van der Waals surface area contributed by atoms with E-state index in [0.29, 0.717) is 16.6 Å². The first-order valence-corrected chi connectivity index (χ1v) is 13.5. The number of aliphatic hydroxyl groups excluding tert-OH is 1. The van der Waals surface area contributed by atoms with Gasteiger partial charge in [0.05, 0.1) is 29.9 Å². The number of nitrogens with zero attached hydrogens (tertiary/aromatic N) is 6. The van der Waals surface area contributed by atoms with Crippen molar-refractivity contribution in [2.45, 2.75) is 51.6 Å². The van der Waals surface area contributed by atoms with Crippen LogP contribution in [0.4, 0.5) is 4.39 Å². The number of carbonyl (C=O) groups excluding carboxylic acids is 2. The van der Waals surface area contributed by atoms with Gasteiger partial charge in [0.25, 0.3) is 5.91 Å². The van der Waals surface area contributed by atoms with Gasteiger partial charge in [0.1, 0.15) is 12.7 Å². The number of hydrogen-bond acceptors (Lipinski definition) is 6. The molecular weight excluding hydrogens is 525 g/mol. The van der Waals surface area contributed by atoms with Crippen LogP contribution in [0.1, 0.15) is 33.9 Å². The van der Waals surface area contributed by atoms with Gasteiger partial charge in [-0.2, -0.15) is 5.10 Å². The molecule has 5 aromatic rings. The summed E-state index contributed by atoms with van der Waals surface area (Å²) in [7, 11) is 0. The first-order valence-electron chi connectivity index (χ1n) is 13.5. The molecule has 210 valence electrons. The van der Waals surface area contributed by atoms with Crippen molar-refractivity contribution in [3.63, 3.8) is 0 Å². The molecule has 41 heavy (non-hydrogen) atoms. The fourth-order valence-corrected chi connectivity index (χ4v) is 5.71. The Hall–Kier alpha value is -4.64. The molecule has 3 atom stereocenters. The Balaban J connectivity index is 1.27. The highest BCUT2D eigenvalue weighted by Gasteiger charge is 2.39. The molecule has 0 saturated carbocycles. The normalized spacial score (nSPS) is 17.9. The summed E-state index contributed by atoms with van der Waals surface area (Å²) in [4.78, 5) is 36.2. The molecule has 0 radical (unpaired) electrons. The number of carbonyl (C=O) groups is 2. The molecule has 0 bridgehead atoms. The van der Waals surface area contributed by atoms with Gasteiger partial charge in [0.15, 0.2) is 5.65 Å². The van der Waals surface area contributed by atoms with Crippen LogP contribution in [0, 0.1) is 13.8 Å². The minimum atomic E-state index is -1.24. The molecule has 1 aromatic carbocycles. The van der Waals surface area contributed by atoms with E-state index in [0.717, 1.165) is 28.2 Å². The maximum absolute atomic E-state index is 14.6. The number of fused-ring (bicyclic) bond motifs is 2. The molecular formula is C30H30FN7O3. The van der Waals surface area contributed by atoms with Crippen LogP contribution in [-0.4, -0.2) is 70.8 Å². The van der Waals surface area contributed by atoms with Gasteiger partial charge in [-0.3, -0.25) is 14.6 Å². The largest absolute Gasteiger partial charge is 0.391 e. The van der Waals surface area contributed by atoms with Crippen molar-refractivity contribution in [1.82, 2.24) is 29.0 Å². The molecule has 1 aliphatic rings. The molecule has 5 heterocycles. The molecule has 6 rings (SSSR count). The van der Waals surface area contributed by atoms with Crippen molar-refractivity contribution in [2.24, 2.45) is 5.73 Å². The van der Waals surface area contributed by atoms with Crippen molar-refractivity contribution < 1.29 is 19.1 Å². The van der Waals surface area contributed by atoms with E-state index in [2.05, 4.69) is 15.1 Å². The first kappa shape index (κ1) is 26.6. The number of likely N-dealkylation sites (tertiary alicyclic amines) is 1. The molecule has 2 amide bonds. The van der Waals surface area contributed by atoms with Gasteiger partial charge < -0.3 is 20.3 Å². The Labute approximate surface area is 235 Å². The average Bonchev–Trinajstić information content (AvgIpc) is 3.62. The van der Waals surface area contributed by atoms with Crippen LogP contribution in [0.15, 0.2) is 61.1 Å². The number of pyridine rings is 1. The number of primary amides is 1. The number of alkyl halides is 1. The SMILES string of the molecule is Cc1cccc(C[C@H](O)[C@@H]2C[C@@H](F)CN2C(=O)Cn2cc(C(N)=O)c3cc(-c4cnc5cc(C)nn5c4)ccc32)n1. The van der Waals surface area contributed by atoms with Gasteiger partial charge in [0.2, 0.25) is 5.91 Å². The second-order valence-electron chi connectivity index (χ2n) is 10.7. The van der Waals surface area contributed by atoms with Gasteiger partial charge in [-0.15, -0.1) is 0 Å². The smallest absolute Gasteiger partial charge is 0.250 e. The molecule has 11 heteroatoms. The topological polar surface area (TPSA) is 132 Å². The van der Waals surface area contributed by atoms with Gasteiger partial charge in [-0.05, 0) is 43.7 Å². The summed E-state index contributed by atoms with van der Waals surface area (Å²) in [5, 5.41) is 16.0. The lowest BCUT2D eigenvalue weighted by Crippen LogP contribution is -2.45. The van der Waals surface area contributed by atoms with Crippen LogP contribution in [0.3, 0.4) is 0 Å². The predicted octanol–water partition coefficient (Wildman–Crippen LogP) is 3.00. The van der Waals surface area contributed by atoms with Crippen molar-refractivity contribution in [3.8, 4) is 11.1 Å². The Morgan fingerprint density at radius 2 is 1.95 bits per heavy atom. The minimum absolute atomic E-state index is 0.0508. The average molecular weight is 556 g/mol. The second-order valence-corrected chi connectivity index (χ2v) is 10.7. The number of aliphatic hydroxyl groups is 1. The van der Waals surface area contributed by atoms with E-state index in [1.165, 1.54) is 4.90 Å². The highest BCUT2D eigenvalue weighted by Crippen LogP contribution is 2.30. The van der Waals surface area contributed by atoms with Crippen molar-refractivity contribution in [1.29, 1.82) is 0 Å². The zero-order valence-electron chi connectivity index (χ0n) is 22.7. The van der Waals surface area contributed by atoms with Gasteiger partial charge in [-0.25, -0.2) is 13.9 Å². The molecule has 0 unspecified atom stereocenters. The number of nitrogens with two attached hydrogens (primary N) is 1. The fraction of sp³-hybridized carbons (Fsp3) is 0.300. The minimum Gasteiger partial charge on any atom is -0.391 e. The summed E-state index contributed by atoms with van der Waals surface area (Å²) < 4.78 is 17.9. The van der Waals surface area contributed by atoms with Crippen molar-refractivity contribution >= 4 is 28.4 Å². The molecule has 4 aromatic heterocycles. The summed E-state index contributed by atoms with van der Waals surface area (Å²) in [6, 6.07) is 12.2. The summed E-state index contributed by atoms with van der Waals surface area (Å²) in [6.07, 6.45) is 3.21. The van der Waals surface area contributed by atoms with Crippen LogP contribution in [0.25, 0.3) is 27.7 Å². The number of aromatic nitrogens is 5. The highest BCUT2D eigenvalue weighted by atomic mass is 19.1. The highest BCUT2D eigenvalue weighted by molar-refractivity contribution is 6.07. The lowest BCUT2D eigenvalue weighted by atomic mass is 10.0. The third-order valence-electron chi connectivity index (χ3n) is 7.64. The number of amides is 2. The van der Waals surface area contributed by atoms with E-state index >= 15 is 0 Å². The van der Waals surface area contributed by atoms with E-state index in [-0.39, 0.29) is 37.4 Å². The fourth-order valence-electron chi connectivity index (χ4n) is 5.71. The Morgan fingerprint density at radius 3 is 2.73 bits per heavy atom. The zero-order chi connectivity index (χ0) is 28.8. The summed E-state index contributed by atoms with van der Waals surface area (Å²) in [5.74, 6) is -0.981. The third kappa shape index (κ3) is 5.16. The molecule has 0 aliphatic carbocycles. The van der Waals surface area contributed by atoms with E-state index in [9.17, 15) is 19.1 Å². The van der Waals surface area contributed by atoms with Gasteiger partial charge in [0, 0.05) is 65.4 Å². The van der Waals surface area contributed by atoms with E-state index in [1.54, 1.807) is 27.5 Å². The van der Waals surface area contributed by atoms with Gasteiger partial charge >= 0.3 is 0 Å². The number of hydrogen-bond donors (Lipinski definition) is 2. The monoisotopic (exact) mass is 555 g/mol. The van der Waals surface area contributed by atoms with E-state index in [4.69, 9.17) is 5.73 Å². The molecule has 1 fully saturated rings. The Kier molecular flexibility index (Phi) is 6.74. The maximum Gasteiger partial charge on any atom is 0.250 e. The second kappa shape index (κ2) is 10.4. The van der Waals surface area contributed by atoms with Crippen molar-refractivity contribution in [3.05, 3.63) is 83.7 Å². The number of rotatable bonds is 7. The van der Waals surface area contributed by atoms with Crippen LogP contribution < -0.4 is 5.73 Å². The van der Waals surface area contributed by atoms with Crippen LogP contribution >= 0.6 is 0 Å². The van der Waals surface area contributed by atoms with Crippen LogP contribution in [-0.2, 0) is 17.8 Å². The van der Waals surface area contributed by atoms with Crippen LogP contribution in [0.5, 0.6) is 0 Å². The van der Waals surface area contributed by atoms with E-state index in [1.807, 2.05) is 56.4 Å². The zero-order valence-corrected chi connectivity index (χ0v) is 22.7. The lowest BCUT2D eigenvalue weighted by Gasteiger charge is -2.28. The summed E-state index contributed by atoms with van der Waals surface area (Å²) >= 11 is 0. The standard InChI is InChI=1S/C30H30FN7O3/c1-17-4-3-5-22(34-17)11-27(39)26-10-21(31)14-37(26)29(40)16-36-15-24(30(32)41)23-9-19(6-7-25(23)36)20-12-33-28-8-18(2)35-38(28)13-20/h3-9,12-13,15,21,26-27,39H,10-11,14,16H2,1-2H3,(H2,32,41)/t21-,26+,27+/m1/s1. The molecule has 1 aliphatic heterocycles. The summed E-state index contributed by atoms with van der Waals surface area (Å²) in [6.45, 7) is 3.51. The third-order valence-corrected chi connectivity index (χ3v) is 7.64. The quantitative estimate of drug-likeness (QED) is 0.317. The molecule has 3 N–H and O–H groups in total. The van der Waals surface area contributed by atoms with Crippen LogP contribution in [0.2, 0.25) is 0 Å². The number of aryl methyl sites for hydroxylation is 2. The molecule has 1 saturated heterocycles. The lowest BCUT2D eigenvalue weighted by molar-refractivity contribution is -0.134. The number of halogens is 1. The van der Waals surface area contributed by atoms with Gasteiger partial charge in [-0.1, -0.05) is 12.1 Å². The van der Waals surface area contributed by atoms with Crippen molar-refractivity contribution in [2.75, 3.05) is 6.54 Å². The maximum atomic E-state index is 14.6.